The number of aryl methyl sites for hydroxylation is 1. The second-order valence-electron chi connectivity index (χ2n) is 8.67. The van der Waals surface area contributed by atoms with Crippen molar-refractivity contribution in [3.63, 3.8) is 0 Å². The van der Waals surface area contributed by atoms with Crippen molar-refractivity contribution in [3.8, 4) is 0 Å². The third kappa shape index (κ3) is 4.72. The van der Waals surface area contributed by atoms with Crippen LogP contribution in [0.1, 0.15) is 48.0 Å². The Morgan fingerprint density at radius 3 is 2.43 bits per heavy atom. The zero-order chi connectivity index (χ0) is 21.1. The van der Waals surface area contributed by atoms with Crippen LogP contribution >= 0.6 is 0 Å². The van der Waals surface area contributed by atoms with E-state index in [9.17, 15) is 13.2 Å². The SMILES string of the molecule is Cc1ccc(C(=O)N2CCN(CC3CCCO3)CC2)cc1S(=O)(=O)N1CCCCC1. The molecule has 0 aromatic heterocycles. The monoisotopic (exact) mass is 435 g/mol. The van der Waals surface area contributed by atoms with Crippen molar-refractivity contribution in [2.45, 2.75) is 50.0 Å². The summed E-state index contributed by atoms with van der Waals surface area (Å²) in [5, 5.41) is 0. The van der Waals surface area contributed by atoms with Crippen LogP contribution in [-0.2, 0) is 14.8 Å². The van der Waals surface area contributed by atoms with Crippen LogP contribution in [0, 0.1) is 6.92 Å². The van der Waals surface area contributed by atoms with E-state index in [1.807, 2.05) is 4.90 Å². The second-order valence-corrected chi connectivity index (χ2v) is 10.6. The predicted octanol–water partition coefficient (Wildman–Crippen LogP) is 2.11. The lowest BCUT2D eigenvalue weighted by atomic mass is 10.1. The van der Waals surface area contributed by atoms with Crippen LogP contribution < -0.4 is 0 Å². The summed E-state index contributed by atoms with van der Waals surface area (Å²) in [5.41, 5.74) is 1.15. The third-order valence-corrected chi connectivity index (χ3v) is 8.55. The highest BCUT2D eigenvalue weighted by molar-refractivity contribution is 7.89. The van der Waals surface area contributed by atoms with E-state index in [0.717, 1.165) is 58.3 Å². The van der Waals surface area contributed by atoms with Gasteiger partial charge >= 0.3 is 0 Å². The summed E-state index contributed by atoms with van der Waals surface area (Å²) in [4.78, 5) is 17.6. The Labute approximate surface area is 180 Å². The highest BCUT2D eigenvalue weighted by Gasteiger charge is 2.30. The molecule has 1 atom stereocenters. The number of piperazine rings is 1. The van der Waals surface area contributed by atoms with Crippen LogP contribution in [0.3, 0.4) is 0 Å². The van der Waals surface area contributed by atoms with E-state index < -0.39 is 10.0 Å². The molecule has 0 spiro atoms. The Balaban J connectivity index is 1.43. The van der Waals surface area contributed by atoms with Crippen LogP contribution in [0.5, 0.6) is 0 Å². The number of piperidine rings is 1. The minimum atomic E-state index is -3.56. The van der Waals surface area contributed by atoms with Gasteiger partial charge in [-0.15, -0.1) is 0 Å². The van der Waals surface area contributed by atoms with Gasteiger partial charge in [-0.25, -0.2) is 8.42 Å². The van der Waals surface area contributed by atoms with Gasteiger partial charge in [0.1, 0.15) is 0 Å². The van der Waals surface area contributed by atoms with Crippen molar-refractivity contribution < 1.29 is 17.9 Å². The number of benzene rings is 1. The number of rotatable bonds is 5. The molecule has 0 radical (unpaired) electrons. The minimum Gasteiger partial charge on any atom is -0.377 e. The molecule has 3 fully saturated rings. The van der Waals surface area contributed by atoms with Gasteiger partial charge in [0.15, 0.2) is 0 Å². The van der Waals surface area contributed by atoms with E-state index in [0.29, 0.717) is 43.4 Å². The zero-order valence-corrected chi connectivity index (χ0v) is 18.7. The van der Waals surface area contributed by atoms with Gasteiger partial charge in [0.05, 0.1) is 11.0 Å². The van der Waals surface area contributed by atoms with E-state index in [1.54, 1.807) is 29.4 Å². The number of carbonyl (C=O) groups excluding carboxylic acids is 1. The molecule has 0 N–H and O–H groups in total. The molecule has 3 aliphatic heterocycles. The fourth-order valence-corrected chi connectivity index (χ4v) is 6.42. The third-order valence-electron chi connectivity index (χ3n) is 6.51. The lowest BCUT2D eigenvalue weighted by Gasteiger charge is -2.35. The van der Waals surface area contributed by atoms with Gasteiger partial charge in [-0.3, -0.25) is 9.69 Å². The average Bonchev–Trinajstić information content (AvgIpc) is 3.28. The van der Waals surface area contributed by atoms with Crippen LogP contribution in [0.15, 0.2) is 23.1 Å². The van der Waals surface area contributed by atoms with Gasteiger partial charge in [0.2, 0.25) is 10.0 Å². The molecule has 166 valence electrons. The van der Waals surface area contributed by atoms with Crippen molar-refractivity contribution >= 4 is 15.9 Å². The summed E-state index contributed by atoms with van der Waals surface area (Å²) in [7, 11) is -3.56. The van der Waals surface area contributed by atoms with Gasteiger partial charge in [-0.05, 0) is 50.3 Å². The summed E-state index contributed by atoms with van der Waals surface area (Å²) in [5.74, 6) is -0.0816. The van der Waals surface area contributed by atoms with Crippen molar-refractivity contribution in [3.05, 3.63) is 29.3 Å². The Hall–Kier alpha value is -1.48. The normalized spacial score (nSPS) is 24.3. The van der Waals surface area contributed by atoms with Gasteiger partial charge in [-0.1, -0.05) is 12.5 Å². The molecule has 1 aromatic carbocycles. The first kappa shape index (κ1) is 21.7. The molecule has 3 heterocycles. The van der Waals surface area contributed by atoms with Crippen molar-refractivity contribution in [1.29, 1.82) is 0 Å². The molecule has 7 nitrogen and oxygen atoms in total. The fraction of sp³-hybridized carbons (Fsp3) is 0.682. The lowest BCUT2D eigenvalue weighted by molar-refractivity contribution is 0.0432. The van der Waals surface area contributed by atoms with E-state index in [-0.39, 0.29) is 10.8 Å². The van der Waals surface area contributed by atoms with Crippen LogP contribution in [0.4, 0.5) is 0 Å². The number of amides is 1. The largest absolute Gasteiger partial charge is 0.377 e. The molecule has 3 aliphatic rings. The van der Waals surface area contributed by atoms with Crippen LogP contribution in [0.2, 0.25) is 0 Å². The molecule has 1 aromatic rings. The van der Waals surface area contributed by atoms with Gasteiger partial charge in [0, 0.05) is 58.0 Å². The fourth-order valence-electron chi connectivity index (χ4n) is 4.65. The number of hydrogen-bond donors (Lipinski definition) is 0. The molecule has 4 rings (SSSR count). The highest BCUT2D eigenvalue weighted by atomic mass is 32.2. The first-order valence-electron chi connectivity index (χ1n) is 11.2. The molecule has 0 bridgehead atoms. The molecule has 8 heteroatoms. The predicted molar refractivity (Wildman–Crippen MR) is 115 cm³/mol. The number of ether oxygens (including phenoxy) is 1. The maximum absolute atomic E-state index is 13.1. The molecule has 30 heavy (non-hydrogen) atoms. The summed E-state index contributed by atoms with van der Waals surface area (Å²) >= 11 is 0. The molecular weight excluding hydrogens is 402 g/mol. The lowest BCUT2D eigenvalue weighted by Crippen LogP contribution is -2.50. The highest BCUT2D eigenvalue weighted by Crippen LogP contribution is 2.25. The summed E-state index contributed by atoms with van der Waals surface area (Å²) < 4.78 is 33.6. The first-order chi connectivity index (χ1) is 14.4. The average molecular weight is 436 g/mol. The number of sulfonamides is 1. The maximum Gasteiger partial charge on any atom is 0.253 e. The summed E-state index contributed by atoms with van der Waals surface area (Å²) in [6.07, 6.45) is 5.45. The Kier molecular flexibility index (Phi) is 6.77. The summed E-state index contributed by atoms with van der Waals surface area (Å²) in [6, 6.07) is 5.10. The van der Waals surface area contributed by atoms with Gasteiger partial charge < -0.3 is 9.64 Å². The van der Waals surface area contributed by atoms with Gasteiger partial charge in [-0.2, -0.15) is 4.31 Å². The topological polar surface area (TPSA) is 70.2 Å². The van der Waals surface area contributed by atoms with Crippen LogP contribution in [0.25, 0.3) is 0 Å². The Bertz CT molecular complexity index is 853. The smallest absolute Gasteiger partial charge is 0.253 e. The van der Waals surface area contributed by atoms with Crippen LogP contribution in [-0.4, -0.2) is 87.0 Å². The summed E-state index contributed by atoms with van der Waals surface area (Å²) in [6.45, 7) is 7.70. The molecule has 0 aliphatic carbocycles. The van der Waals surface area contributed by atoms with Crippen molar-refractivity contribution in [2.75, 3.05) is 52.4 Å². The number of nitrogens with zero attached hydrogens (tertiary/aromatic N) is 3. The van der Waals surface area contributed by atoms with E-state index in [4.69, 9.17) is 4.74 Å². The van der Waals surface area contributed by atoms with E-state index >= 15 is 0 Å². The second kappa shape index (κ2) is 9.34. The molecular formula is C22H33N3O4S. The van der Waals surface area contributed by atoms with Crippen molar-refractivity contribution in [1.82, 2.24) is 14.1 Å². The molecule has 0 saturated carbocycles. The van der Waals surface area contributed by atoms with E-state index in [2.05, 4.69) is 4.90 Å². The number of carbonyl (C=O) groups is 1. The zero-order valence-electron chi connectivity index (χ0n) is 17.9. The first-order valence-corrected chi connectivity index (χ1v) is 12.6. The Morgan fingerprint density at radius 2 is 1.77 bits per heavy atom. The minimum absolute atomic E-state index is 0.0816. The van der Waals surface area contributed by atoms with E-state index in [1.165, 1.54) is 0 Å². The Morgan fingerprint density at radius 1 is 1.03 bits per heavy atom. The quantitative estimate of drug-likeness (QED) is 0.709. The van der Waals surface area contributed by atoms with Gasteiger partial charge in [0.25, 0.3) is 5.91 Å². The molecule has 1 unspecified atom stereocenters. The standard InChI is InChI=1S/C22H33N3O4S/c1-18-7-8-19(16-21(18)30(27,28)25-9-3-2-4-10-25)22(26)24-13-11-23(12-14-24)17-20-6-5-15-29-20/h7-8,16,20H,2-6,9-15,17H2,1H3. The number of hydrogen-bond acceptors (Lipinski definition) is 5. The molecule has 3 saturated heterocycles. The maximum atomic E-state index is 13.1. The van der Waals surface area contributed by atoms with Crippen molar-refractivity contribution in [2.24, 2.45) is 0 Å². The molecule has 1 amide bonds.